The number of hydrogen-bond acceptors (Lipinski definition) is 3. The molecule has 4 heteroatoms. The summed E-state index contributed by atoms with van der Waals surface area (Å²) < 4.78 is 0. The first-order chi connectivity index (χ1) is 8.72. The van der Waals surface area contributed by atoms with Gasteiger partial charge in [0.15, 0.2) is 0 Å². The van der Waals surface area contributed by atoms with Crippen LogP contribution < -0.4 is 11.1 Å². The summed E-state index contributed by atoms with van der Waals surface area (Å²) in [5.74, 6) is 0. The van der Waals surface area contributed by atoms with Gasteiger partial charge in [0.2, 0.25) is 0 Å². The molecule has 0 bridgehead atoms. The van der Waals surface area contributed by atoms with Crippen molar-refractivity contribution in [3.05, 3.63) is 23.8 Å². The minimum Gasteiger partial charge on any atom is -0.389 e. The molecule has 18 heavy (non-hydrogen) atoms. The molecule has 1 aliphatic rings. The Morgan fingerprint density at radius 2 is 2.06 bits per heavy atom. The Hall–Kier alpha value is -0.740. The number of anilines is 1. The zero-order valence-electron chi connectivity index (χ0n) is 10.7. The smallest absolute Gasteiger partial charge is 0.107 e. The summed E-state index contributed by atoms with van der Waals surface area (Å²) in [7, 11) is 0. The first-order valence-electron chi connectivity index (χ1n) is 6.45. The molecular weight excluding hydrogens is 260 g/mol. The summed E-state index contributed by atoms with van der Waals surface area (Å²) in [6.45, 7) is 0. The number of thioether (sulfide) groups is 1. The summed E-state index contributed by atoms with van der Waals surface area (Å²) in [5, 5.41) is 3.62. The second kappa shape index (κ2) is 6.43. The maximum atomic E-state index is 5.87. The van der Waals surface area contributed by atoms with Gasteiger partial charge in [0, 0.05) is 22.2 Å². The molecule has 0 spiro atoms. The Labute approximate surface area is 119 Å². The second-order valence-electron chi connectivity index (χ2n) is 4.73. The lowest BCUT2D eigenvalue weighted by atomic mass is 9.95. The minimum absolute atomic E-state index is 0.484. The predicted octanol–water partition coefficient (Wildman–Crippen LogP) is 3.79. The highest BCUT2D eigenvalue weighted by Crippen LogP contribution is 2.29. The molecule has 1 aromatic carbocycles. The fraction of sp³-hybridized carbons (Fsp3) is 0.500. The van der Waals surface area contributed by atoms with E-state index >= 15 is 0 Å². The van der Waals surface area contributed by atoms with Gasteiger partial charge in [0.05, 0.1) is 0 Å². The van der Waals surface area contributed by atoms with Gasteiger partial charge in [0.1, 0.15) is 4.99 Å². The largest absolute Gasteiger partial charge is 0.389 e. The number of benzene rings is 1. The van der Waals surface area contributed by atoms with E-state index in [4.69, 9.17) is 18.0 Å². The van der Waals surface area contributed by atoms with Crippen LogP contribution in [0.5, 0.6) is 0 Å². The van der Waals surface area contributed by atoms with E-state index in [9.17, 15) is 0 Å². The van der Waals surface area contributed by atoms with Gasteiger partial charge in [-0.2, -0.15) is 0 Å². The highest BCUT2D eigenvalue weighted by molar-refractivity contribution is 7.98. The van der Waals surface area contributed by atoms with Crippen LogP contribution in [0.4, 0.5) is 5.69 Å². The van der Waals surface area contributed by atoms with Gasteiger partial charge in [0.25, 0.3) is 0 Å². The zero-order chi connectivity index (χ0) is 13.0. The van der Waals surface area contributed by atoms with Crippen LogP contribution in [0.25, 0.3) is 0 Å². The molecule has 0 atom stereocenters. The van der Waals surface area contributed by atoms with Crippen LogP contribution in [-0.4, -0.2) is 17.3 Å². The number of nitrogens with one attached hydrogen (secondary N) is 1. The standard InChI is InChI=1S/C14H20N2S2/c1-18-12-9-5-8-11(13(12)14(15)17)16-10-6-3-2-4-7-10/h5,8-10,16H,2-4,6-7H2,1H3,(H2,15,17). The van der Waals surface area contributed by atoms with Gasteiger partial charge in [-0.3, -0.25) is 0 Å². The Morgan fingerprint density at radius 3 is 2.67 bits per heavy atom. The van der Waals surface area contributed by atoms with E-state index in [0.717, 1.165) is 16.1 Å². The third kappa shape index (κ3) is 3.18. The van der Waals surface area contributed by atoms with Crippen molar-refractivity contribution in [2.45, 2.75) is 43.0 Å². The molecule has 0 saturated heterocycles. The van der Waals surface area contributed by atoms with Crippen molar-refractivity contribution in [3.8, 4) is 0 Å². The Balaban J connectivity index is 2.23. The molecule has 2 rings (SSSR count). The maximum Gasteiger partial charge on any atom is 0.107 e. The van der Waals surface area contributed by atoms with E-state index in [1.165, 1.54) is 32.1 Å². The van der Waals surface area contributed by atoms with Crippen molar-refractivity contribution >= 4 is 34.7 Å². The zero-order valence-corrected chi connectivity index (χ0v) is 12.4. The molecule has 0 amide bonds. The lowest BCUT2D eigenvalue weighted by molar-refractivity contribution is 0.462. The van der Waals surface area contributed by atoms with E-state index in [1.54, 1.807) is 11.8 Å². The summed E-state index contributed by atoms with van der Waals surface area (Å²) in [5.41, 5.74) is 7.98. The van der Waals surface area contributed by atoms with Crippen molar-refractivity contribution in [3.63, 3.8) is 0 Å². The van der Waals surface area contributed by atoms with Crippen molar-refractivity contribution in [2.24, 2.45) is 5.73 Å². The molecule has 0 aromatic heterocycles. The van der Waals surface area contributed by atoms with E-state index in [-0.39, 0.29) is 0 Å². The van der Waals surface area contributed by atoms with E-state index in [1.807, 2.05) is 0 Å². The molecule has 2 nitrogen and oxygen atoms in total. The molecule has 98 valence electrons. The lowest BCUT2D eigenvalue weighted by Crippen LogP contribution is -2.24. The van der Waals surface area contributed by atoms with Crippen LogP contribution in [0.2, 0.25) is 0 Å². The molecular formula is C14H20N2S2. The Bertz CT molecular complexity index is 426. The fourth-order valence-corrected chi connectivity index (χ4v) is 3.47. The minimum atomic E-state index is 0.484. The predicted molar refractivity (Wildman–Crippen MR) is 84.6 cm³/mol. The first-order valence-corrected chi connectivity index (χ1v) is 8.09. The lowest BCUT2D eigenvalue weighted by Gasteiger charge is -2.25. The van der Waals surface area contributed by atoms with Crippen LogP contribution in [-0.2, 0) is 0 Å². The van der Waals surface area contributed by atoms with Crippen LogP contribution in [0, 0.1) is 0 Å². The summed E-state index contributed by atoms with van der Waals surface area (Å²) in [4.78, 5) is 1.64. The third-order valence-electron chi connectivity index (χ3n) is 3.46. The van der Waals surface area contributed by atoms with Gasteiger partial charge in [-0.1, -0.05) is 37.5 Å². The summed E-state index contributed by atoms with van der Waals surface area (Å²) in [6, 6.07) is 6.80. The highest BCUT2D eigenvalue weighted by Gasteiger charge is 2.16. The molecule has 0 aliphatic heterocycles. The van der Waals surface area contributed by atoms with Gasteiger partial charge in [-0.05, 0) is 31.2 Å². The van der Waals surface area contributed by atoms with Crippen LogP contribution in [0.1, 0.15) is 37.7 Å². The molecule has 0 heterocycles. The maximum absolute atomic E-state index is 5.87. The molecule has 0 radical (unpaired) electrons. The average Bonchev–Trinajstić information content (AvgIpc) is 2.39. The molecule has 1 aliphatic carbocycles. The second-order valence-corrected chi connectivity index (χ2v) is 6.01. The molecule has 0 unspecified atom stereocenters. The molecule has 1 fully saturated rings. The quantitative estimate of drug-likeness (QED) is 0.650. The van der Waals surface area contributed by atoms with Crippen LogP contribution in [0.15, 0.2) is 23.1 Å². The Morgan fingerprint density at radius 1 is 1.33 bits per heavy atom. The van der Waals surface area contributed by atoms with Crippen LogP contribution >= 0.6 is 24.0 Å². The molecule has 1 saturated carbocycles. The van der Waals surface area contributed by atoms with Crippen molar-refractivity contribution in [2.75, 3.05) is 11.6 Å². The number of nitrogens with two attached hydrogens (primary N) is 1. The van der Waals surface area contributed by atoms with Gasteiger partial charge >= 0.3 is 0 Å². The number of thiocarbonyl (C=S) groups is 1. The van der Waals surface area contributed by atoms with Gasteiger partial charge in [-0.15, -0.1) is 11.8 Å². The fourth-order valence-electron chi connectivity index (χ4n) is 2.54. The number of hydrogen-bond donors (Lipinski definition) is 2. The van der Waals surface area contributed by atoms with Crippen molar-refractivity contribution < 1.29 is 0 Å². The highest BCUT2D eigenvalue weighted by atomic mass is 32.2. The van der Waals surface area contributed by atoms with Crippen molar-refractivity contribution in [1.82, 2.24) is 0 Å². The average molecular weight is 280 g/mol. The normalized spacial score (nSPS) is 16.5. The van der Waals surface area contributed by atoms with Crippen molar-refractivity contribution in [1.29, 1.82) is 0 Å². The SMILES string of the molecule is CSc1cccc(NC2CCCCC2)c1C(N)=S. The van der Waals surface area contributed by atoms with Crippen LogP contribution in [0.3, 0.4) is 0 Å². The first kappa shape index (κ1) is 13.7. The number of rotatable bonds is 4. The molecule has 1 aromatic rings. The van der Waals surface area contributed by atoms with Gasteiger partial charge in [-0.25, -0.2) is 0 Å². The van der Waals surface area contributed by atoms with E-state index in [0.29, 0.717) is 11.0 Å². The topological polar surface area (TPSA) is 38.0 Å². The Kier molecular flexibility index (Phi) is 4.89. The summed E-state index contributed by atoms with van der Waals surface area (Å²) in [6.07, 6.45) is 8.57. The third-order valence-corrected chi connectivity index (χ3v) is 4.44. The van der Waals surface area contributed by atoms with Gasteiger partial charge < -0.3 is 11.1 Å². The monoisotopic (exact) mass is 280 g/mol. The van der Waals surface area contributed by atoms with E-state index < -0.39 is 0 Å². The molecule has 3 N–H and O–H groups in total. The summed E-state index contributed by atoms with van der Waals surface area (Å²) >= 11 is 6.89. The van der Waals surface area contributed by atoms with E-state index in [2.05, 4.69) is 29.8 Å².